The Balaban J connectivity index is 1.42. The molecule has 1 saturated carbocycles. The van der Waals surface area contributed by atoms with Gasteiger partial charge in [0.2, 0.25) is 5.88 Å². The van der Waals surface area contributed by atoms with E-state index in [1.54, 1.807) is 12.1 Å². The monoisotopic (exact) mass is 537 g/mol. The largest absolute Gasteiger partial charge is 0.489 e. The molecule has 0 spiro atoms. The fraction of sp³-hybridized carbons (Fsp3) is 0.400. The van der Waals surface area contributed by atoms with Crippen molar-refractivity contribution in [2.45, 2.75) is 39.5 Å². The number of hydrogen-bond acceptors (Lipinski definition) is 6. The van der Waals surface area contributed by atoms with Gasteiger partial charge in [-0.3, -0.25) is 4.79 Å². The first-order chi connectivity index (χ1) is 18.0. The van der Waals surface area contributed by atoms with E-state index in [9.17, 15) is 18.3 Å². The minimum Gasteiger partial charge on any atom is -0.489 e. The highest BCUT2D eigenvalue weighted by Gasteiger charge is 2.59. The summed E-state index contributed by atoms with van der Waals surface area (Å²) in [4.78, 5) is 15.9. The van der Waals surface area contributed by atoms with Crippen LogP contribution in [0.25, 0.3) is 5.57 Å². The number of allylic oxidation sites excluding steroid dienone is 3. The molecule has 4 rings (SSSR count). The molecule has 0 radical (unpaired) electrons. The van der Waals surface area contributed by atoms with Gasteiger partial charge < -0.3 is 14.6 Å². The molecule has 7 nitrogen and oxygen atoms in total. The normalized spacial score (nSPS) is 19.8. The molecular weight excluding hydrogens is 502 g/mol. The Kier molecular flexibility index (Phi) is 8.11. The molecule has 0 unspecified atom stereocenters. The smallest absolute Gasteiger partial charge is 0.307 e. The standard InChI is InChI=1S/C30H35NO6S/c1-6-20(24-10-11-27(31-19(24)4)36-12-7-13-38(5,34)35)14-22(18(2)3)17-37-23-8-9-25-21(15-23)16-26-28(25)29(26)30(32)33/h6,8-11,14-15,26,28-29H,1,7,12-13,16-17H2,2-5H3,(H,32,33)/b20-14+/t26-,28+,29+/m1/s1. The van der Waals surface area contributed by atoms with E-state index in [0.717, 1.165) is 45.7 Å². The molecule has 2 aromatic rings. The van der Waals surface area contributed by atoms with Crippen molar-refractivity contribution in [3.8, 4) is 11.6 Å². The molecule has 8 heteroatoms. The summed E-state index contributed by atoms with van der Waals surface area (Å²) in [5.41, 5.74) is 7.09. The Morgan fingerprint density at radius 1 is 1.21 bits per heavy atom. The van der Waals surface area contributed by atoms with Crippen LogP contribution in [0.3, 0.4) is 0 Å². The summed E-state index contributed by atoms with van der Waals surface area (Å²) in [6, 6.07) is 9.71. The number of rotatable bonds is 12. The van der Waals surface area contributed by atoms with Gasteiger partial charge in [-0.05, 0) is 86.1 Å². The topological polar surface area (TPSA) is 103 Å². The first-order valence-corrected chi connectivity index (χ1v) is 14.8. The van der Waals surface area contributed by atoms with E-state index in [1.165, 1.54) is 11.8 Å². The number of benzene rings is 1. The summed E-state index contributed by atoms with van der Waals surface area (Å²) in [5, 5.41) is 9.34. The fourth-order valence-electron chi connectivity index (χ4n) is 5.16. The van der Waals surface area contributed by atoms with Crippen molar-refractivity contribution in [3.05, 3.63) is 82.6 Å². The van der Waals surface area contributed by atoms with Crippen molar-refractivity contribution in [2.24, 2.45) is 11.8 Å². The Morgan fingerprint density at radius 2 is 1.97 bits per heavy atom. The van der Waals surface area contributed by atoms with Crippen molar-refractivity contribution in [1.82, 2.24) is 4.98 Å². The molecule has 0 saturated heterocycles. The van der Waals surface area contributed by atoms with Crippen LogP contribution in [0.2, 0.25) is 0 Å². The molecule has 0 bridgehead atoms. The fourth-order valence-corrected chi connectivity index (χ4v) is 5.81. The lowest BCUT2D eigenvalue weighted by Gasteiger charge is -2.14. The molecule has 0 aliphatic heterocycles. The summed E-state index contributed by atoms with van der Waals surface area (Å²) < 4.78 is 34.4. The maximum atomic E-state index is 11.4. The quantitative estimate of drug-likeness (QED) is 0.295. The molecule has 1 N–H and O–H groups in total. The van der Waals surface area contributed by atoms with Crippen molar-refractivity contribution >= 4 is 21.4 Å². The summed E-state index contributed by atoms with van der Waals surface area (Å²) in [7, 11) is -3.01. The van der Waals surface area contributed by atoms with Gasteiger partial charge in [0.1, 0.15) is 22.2 Å². The molecule has 1 aromatic heterocycles. The van der Waals surface area contributed by atoms with Gasteiger partial charge in [0, 0.05) is 29.5 Å². The first-order valence-electron chi connectivity index (χ1n) is 12.8. The maximum absolute atomic E-state index is 11.4. The molecule has 1 fully saturated rings. The highest BCUT2D eigenvalue weighted by Crippen LogP contribution is 2.61. The van der Waals surface area contributed by atoms with Crippen LogP contribution in [0.15, 0.2) is 60.2 Å². The minimum atomic E-state index is -3.01. The predicted octanol–water partition coefficient (Wildman–Crippen LogP) is 5.16. The van der Waals surface area contributed by atoms with E-state index in [2.05, 4.69) is 17.6 Å². The molecule has 3 atom stereocenters. The van der Waals surface area contributed by atoms with Gasteiger partial charge in [0.05, 0.1) is 18.3 Å². The van der Waals surface area contributed by atoms with Gasteiger partial charge in [-0.25, -0.2) is 13.4 Å². The van der Waals surface area contributed by atoms with Gasteiger partial charge in [-0.1, -0.05) is 24.3 Å². The van der Waals surface area contributed by atoms with Crippen LogP contribution in [-0.2, 0) is 21.1 Å². The molecule has 38 heavy (non-hydrogen) atoms. The van der Waals surface area contributed by atoms with Crippen molar-refractivity contribution in [3.63, 3.8) is 0 Å². The number of carbonyl (C=O) groups is 1. The van der Waals surface area contributed by atoms with E-state index < -0.39 is 15.8 Å². The van der Waals surface area contributed by atoms with Gasteiger partial charge in [0.15, 0.2) is 0 Å². The van der Waals surface area contributed by atoms with Crippen LogP contribution in [0.1, 0.15) is 48.6 Å². The Hall–Kier alpha value is -3.39. The zero-order chi connectivity index (χ0) is 27.6. The van der Waals surface area contributed by atoms with Crippen LogP contribution >= 0.6 is 0 Å². The zero-order valence-corrected chi connectivity index (χ0v) is 23.2. The number of aryl methyl sites for hydroxylation is 1. The van der Waals surface area contributed by atoms with Gasteiger partial charge in [-0.15, -0.1) is 0 Å². The molecule has 2 aliphatic carbocycles. The maximum Gasteiger partial charge on any atom is 0.307 e. The number of ether oxygens (including phenoxy) is 2. The average Bonchev–Trinajstić information content (AvgIpc) is 3.44. The van der Waals surface area contributed by atoms with Crippen molar-refractivity contribution < 1.29 is 27.8 Å². The van der Waals surface area contributed by atoms with Crippen LogP contribution in [0, 0.1) is 18.8 Å². The molecule has 1 aromatic carbocycles. The zero-order valence-electron chi connectivity index (χ0n) is 22.4. The summed E-state index contributed by atoms with van der Waals surface area (Å²) >= 11 is 0. The molecule has 1 heterocycles. The lowest BCUT2D eigenvalue weighted by molar-refractivity contribution is -0.139. The average molecular weight is 538 g/mol. The number of fused-ring (bicyclic) bond motifs is 3. The summed E-state index contributed by atoms with van der Waals surface area (Å²) in [6.45, 7) is 10.6. The van der Waals surface area contributed by atoms with Crippen LogP contribution in [0.5, 0.6) is 11.6 Å². The Bertz CT molecular complexity index is 1420. The molecule has 202 valence electrons. The number of aliphatic carboxylic acids is 1. The highest BCUT2D eigenvalue weighted by atomic mass is 32.2. The second-order valence-electron chi connectivity index (χ2n) is 10.4. The number of carboxylic acid groups (broad SMARTS) is 1. The van der Waals surface area contributed by atoms with Crippen LogP contribution < -0.4 is 9.47 Å². The van der Waals surface area contributed by atoms with Crippen LogP contribution in [0.4, 0.5) is 0 Å². The number of sulfone groups is 1. The van der Waals surface area contributed by atoms with Crippen molar-refractivity contribution in [2.75, 3.05) is 25.2 Å². The number of pyridine rings is 1. The van der Waals surface area contributed by atoms with E-state index >= 15 is 0 Å². The van der Waals surface area contributed by atoms with Gasteiger partial charge >= 0.3 is 5.97 Å². The third-order valence-electron chi connectivity index (χ3n) is 7.25. The number of hydrogen-bond donors (Lipinski definition) is 1. The highest BCUT2D eigenvalue weighted by molar-refractivity contribution is 7.90. The third kappa shape index (κ3) is 6.35. The van der Waals surface area contributed by atoms with E-state index in [4.69, 9.17) is 9.47 Å². The van der Waals surface area contributed by atoms with E-state index in [-0.39, 0.29) is 30.1 Å². The van der Waals surface area contributed by atoms with E-state index in [1.807, 2.05) is 45.0 Å². The SMILES string of the molecule is C=C/C(=C\C(COc1ccc2c(c1)C[C@H]1[C@H](C(=O)O)[C@@H]21)=C(C)C)c1ccc(OCCCS(C)(=O)=O)nc1C. The summed E-state index contributed by atoms with van der Waals surface area (Å²) in [5.74, 6) is 0.777. The predicted molar refractivity (Wildman–Crippen MR) is 148 cm³/mol. The molecular formula is C30H35NO6S. The number of nitrogens with zero attached hydrogens (tertiary/aromatic N) is 1. The Labute approximate surface area is 224 Å². The number of aromatic nitrogens is 1. The van der Waals surface area contributed by atoms with Gasteiger partial charge in [0.25, 0.3) is 0 Å². The van der Waals surface area contributed by atoms with E-state index in [0.29, 0.717) is 18.9 Å². The van der Waals surface area contributed by atoms with Gasteiger partial charge in [-0.2, -0.15) is 0 Å². The second kappa shape index (κ2) is 11.2. The minimum absolute atomic E-state index is 0.0820. The Morgan fingerprint density at radius 3 is 2.61 bits per heavy atom. The third-order valence-corrected chi connectivity index (χ3v) is 8.28. The summed E-state index contributed by atoms with van der Waals surface area (Å²) in [6.07, 6.45) is 6.27. The lowest BCUT2D eigenvalue weighted by atomic mass is 10.00. The van der Waals surface area contributed by atoms with Crippen LogP contribution in [-0.4, -0.2) is 49.7 Å². The second-order valence-corrected chi connectivity index (χ2v) is 12.6. The lowest BCUT2D eigenvalue weighted by Crippen LogP contribution is -2.09. The molecule has 0 amide bonds. The van der Waals surface area contributed by atoms with Crippen molar-refractivity contribution in [1.29, 1.82) is 0 Å². The first kappa shape index (κ1) is 27.6. The molecule has 2 aliphatic rings. The number of carboxylic acids is 1.